The van der Waals surface area contributed by atoms with E-state index < -0.39 is 5.97 Å². The van der Waals surface area contributed by atoms with Gasteiger partial charge in [-0.15, -0.1) is 0 Å². The largest absolute Gasteiger partial charge is 0.478 e. The van der Waals surface area contributed by atoms with Gasteiger partial charge in [-0.2, -0.15) is 5.10 Å². The lowest BCUT2D eigenvalue weighted by Gasteiger charge is -2.18. The highest BCUT2D eigenvalue weighted by Gasteiger charge is 2.17. The second-order valence-electron chi connectivity index (χ2n) is 7.52. The van der Waals surface area contributed by atoms with Crippen molar-refractivity contribution >= 4 is 56.1 Å². The summed E-state index contributed by atoms with van der Waals surface area (Å²) in [5.41, 5.74) is 5.27. The second-order valence-corrected chi connectivity index (χ2v) is 7.93. The van der Waals surface area contributed by atoms with Gasteiger partial charge >= 0.3 is 5.97 Å². The molecule has 2 N–H and O–H groups in total. The SMILES string of the molecule is CCc1c(-c2ccc3[nH]ncc3c2)c2ccc(/C=C/C(=O)O)cc2c2cccc(Cl)c12. The van der Waals surface area contributed by atoms with Crippen molar-refractivity contribution in [2.75, 3.05) is 0 Å². The standard InChI is InChI=1S/C26H19ClN2O2/c1-2-18-25(16-8-10-23-17(13-16)14-28-29-23)20-9-6-15(7-11-24(30)31)12-21(20)19-4-3-5-22(27)26(18)19/h3-14H,2H2,1H3,(H,28,29)(H,30,31)/b11-7+. The van der Waals surface area contributed by atoms with Gasteiger partial charge in [0.2, 0.25) is 0 Å². The Bertz CT molecular complexity index is 1520. The number of hydrogen-bond acceptors (Lipinski definition) is 2. The lowest BCUT2D eigenvalue weighted by molar-refractivity contribution is -0.131. The van der Waals surface area contributed by atoms with Gasteiger partial charge in [0, 0.05) is 21.9 Å². The molecule has 0 amide bonds. The maximum atomic E-state index is 11.0. The van der Waals surface area contributed by atoms with Gasteiger partial charge in [0.05, 0.1) is 11.7 Å². The monoisotopic (exact) mass is 426 g/mol. The van der Waals surface area contributed by atoms with E-state index in [9.17, 15) is 4.79 Å². The smallest absolute Gasteiger partial charge is 0.328 e. The Labute approximate surface area is 183 Å². The highest BCUT2D eigenvalue weighted by molar-refractivity contribution is 6.37. The number of hydrogen-bond donors (Lipinski definition) is 2. The average molecular weight is 427 g/mol. The maximum Gasteiger partial charge on any atom is 0.328 e. The molecule has 0 saturated heterocycles. The summed E-state index contributed by atoms with van der Waals surface area (Å²) < 4.78 is 0. The van der Waals surface area contributed by atoms with Gasteiger partial charge in [0.25, 0.3) is 0 Å². The number of benzene rings is 4. The predicted molar refractivity (Wildman–Crippen MR) is 128 cm³/mol. The molecule has 0 aliphatic rings. The van der Waals surface area contributed by atoms with E-state index >= 15 is 0 Å². The molecule has 0 saturated carbocycles. The van der Waals surface area contributed by atoms with Gasteiger partial charge in [-0.3, -0.25) is 5.10 Å². The van der Waals surface area contributed by atoms with E-state index in [1.807, 2.05) is 36.5 Å². The number of aryl methyl sites for hydroxylation is 1. The number of rotatable bonds is 4. The molecule has 5 rings (SSSR count). The van der Waals surface area contributed by atoms with Crippen molar-refractivity contribution in [1.29, 1.82) is 0 Å². The van der Waals surface area contributed by atoms with Crippen molar-refractivity contribution in [2.24, 2.45) is 0 Å². The van der Waals surface area contributed by atoms with Crippen molar-refractivity contribution in [3.63, 3.8) is 0 Å². The van der Waals surface area contributed by atoms with E-state index in [0.29, 0.717) is 5.02 Å². The number of H-pyrrole nitrogens is 1. The number of carboxylic acids is 1. The first-order chi connectivity index (χ1) is 15.1. The molecule has 4 aromatic carbocycles. The van der Waals surface area contributed by atoms with Crippen LogP contribution in [0.15, 0.2) is 66.9 Å². The molecular weight excluding hydrogens is 408 g/mol. The zero-order valence-corrected chi connectivity index (χ0v) is 17.6. The topological polar surface area (TPSA) is 66.0 Å². The minimum absolute atomic E-state index is 0.716. The number of aliphatic carboxylic acids is 1. The summed E-state index contributed by atoms with van der Waals surface area (Å²) in [4.78, 5) is 11.0. The average Bonchev–Trinajstić information content (AvgIpc) is 3.24. The molecule has 152 valence electrons. The third-order valence-electron chi connectivity index (χ3n) is 5.72. The summed E-state index contributed by atoms with van der Waals surface area (Å²) in [6.45, 7) is 2.15. The molecule has 0 spiro atoms. The van der Waals surface area contributed by atoms with Crippen molar-refractivity contribution in [3.05, 3.63) is 83.0 Å². The van der Waals surface area contributed by atoms with Gasteiger partial charge in [-0.25, -0.2) is 4.79 Å². The number of carbonyl (C=O) groups is 1. The molecular formula is C26H19ClN2O2. The van der Waals surface area contributed by atoms with Gasteiger partial charge in [-0.05, 0) is 75.2 Å². The fourth-order valence-electron chi connectivity index (χ4n) is 4.40. The van der Waals surface area contributed by atoms with Crippen LogP contribution in [0.1, 0.15) is 18.1 Å². The molecule has 1 heterocycles. The van der Waals surface area contributed by atoms with Crippen molar-refractivity contribution in [3.8, 4) is 11.1 Å². The Kier molecular flexibility index (Phi) is 4.72. The molecule has 0 aliphatic heterocycles. The Balaban J connectivity index is 1.92. The molecule has 0 unspecified atom stereocenters. The number of aromatic nitrogens is 2. The summed E-state index contributed by atoms with van der Waals surface area (Å²) in [6.07, 6.45) is 5.43. The fraction of sp³-hybridized carbons (Fsp3) is 0.0769. The zero-order chi connectivity index (χ0) is 21.5. The summed E-state index contributed by atoms with van der Waals surface area (Å²) in [6, 6.07) is 18.3. The van der Waals surface area contributed by atoms with Crippen LogP contribution in [0.5, 0.6) is 0 Å². The summed E-state index contributed by atoms with van der Waals surface area (Å²) in [7, 11) is 0. The molecule has 0 atom stereocenters. The second kappa shape index (κ2) is 7.56. The minimum Gasteiger partial charge on any atom is -0.478 e. The number of nitrogens with zero attached hydrogens (tertiary/aromatic N) is 1. The summed E-state index contributed by atoms with van der Waals surface area (Å²) >= 11 is 6.71. The zero-order valence-electron chi connectivity index (χ0n) is 16.8. The minimum atomic E-state index is -0.969. The molecule has 0 bridgehead atoms. The molecule has 5 aromatic rings. The van der Waals surface area contributed by atoms with E-state index in [2.05, 4.69) is 41.4 Å². The van der Waals surface area contributed by atoms with Gasteiger partial charge in [0.1, 0.15) is 0 Å². The molecule has 5 heteroatoms. The van der Waals surface area contributed by atoms with E-state index in [1.165, 1.54) is 5.56 Å². The summed E-state index contributed by atoms with van der Waals surface area (Å²) in [5.74, 6) is -0.969. The number of halogens is 1. The molecule has 1 aromatic heterocycles. The third-order valence-corrected chi connectivity index (χ3v) is 6.04. The van der Waals surface area contributed by atoms with Crippen LogP contribution in [0.3, 0.4) is 0 Å². The number of carboxylic acid groups (broad SMARTS) is 1. The molecule has 0 aliphatic carbocycles. The Morgan fingerprint density at radius 3 is 2.77 bits per heavy atom. The highest BCUT2D eigenvalue weighted by Crippen LogP contribution is 2.42. The maximum absolute atomic E-state index is 11.0. The molecule has 4 nitrogen and oxygen atoms in total. The lowest BCUT2D eigenvalue weighted by atomic mass is 9.86. The van der Waals surface area contributed by atoms with Crippen LogP contribution in [0, 0.1) is 0 Å². The van der Waals surface area contributed by atoms with Crippen LogP contribution in [-0.2, 0) is 11.2 Å². The Morgan fingerprint density at radius 2 is 1.97 bits per heavy atom. The van der Waals surface area contributed by atoms with Crippen LogP contribution in [-0.4, -0.2) is 21.3 Å². The number of aromatic amines is 1. The lowest BCUT2D eigenvalue weighted by Crippen LogP contribution is -1.95. The first-order valence-corrected chi connectivity index (χ1v) is 10.5. The van der Waals surface area contributed by atoms with Crippen molar-refractivity contribution in [2.45, 2.75) is 13.3 Å². The van der Waals surface area contributed by atoms with Crippen molar-refractivity contribution < 1.29 is 9.90 Å². The first-order valence-electron chi connectivity index (χ1n) is 10.1. The number of fused-ring (bicyclic) bond motifs is 4. The quantitative estimate of drug-likeness (QED) is 0.244. The van der Waals surface area contributed by atoms with Crippen LogP contribution >= 0.6 is 11.6 Å². The van der Waals surface area contributed by atoms with E-state index in [-0.39, 0.29) is 0 Å². The van der Waals surface area contributed by atoms with Crippen molar-refractivity contribution in [1.82, 2.24) is 10.2 Å². The van der Waals surface area contributed by atoms with E-state index in [1.54, 1.807) is 6.08 Å². The normalized spacial score (nSPS) is 11.8. The van der Waals surface area contributed by atoms with Crippen LogP contribution in [0.4, 0.5) is 0 Å². The highest BCUT2D eigenvalue weighted by atomic mass is 35.5. The number of nitrogens with one attached hydrogen (secondary N) is 1. The molecule has 0 fully saturated rings. The first kappa shape index (κ1) is 19.3. The Morgan fingerprint density at radius 1 is 1.10 bits per heavy atom. The van der Waals surface area contributed by atoms with Crippen LogP contribution in [0.2, 0.25) is 5.02 Å². The third kappa shape index (κ3) is 3.25. The molecule has 31 heavy (non-hydrogen) atoms. The summed E-state index contributed by atoms with van der Waals surface area (Å²) in [5, 5.41) is 22.2. The van der Waals surface area contributed by atoms with Gasteiger partial charge in [-0.1, -0.05) is 48.9 Å². The van der Waals surface area contributed by atoms with Gasteiger partial charge in [0.15, 0.2) is 0 Å². The fourth-order valence-corrected chi connectivity index (χ4v) is 4.69. The van der Waals surface area contributed by atoms with Gasteiger partial charge < -0.3 is 5.11 Å². The van der Waals surface area contributed by atoms with Crippen LogP contribution in [0.25, 0.3) is 49.7 Å². The van der Waals surface area contributed by atoms with E-state index in [0.717, 1.165) is 61.6 Å². The van der Waals surface area contributed by atoms with Crippen LogP contribution < -0.4 is 0 Å². The molecule has 0 radical (unpaired) electrons. The Hall–Kier alpha value is -3.63. The van der Waals surface area contributed by atoms with E-state index in [4.69, 9.17) is 16.7 Å². The predicted octanol–water partition coefficient (Wildman–Crippen LogP) is 6.85.